The van der Waals surface area contributed by atoms with Crippen molar-refractivity contribution in [2.75, 3.05) is 0 Å². The minimum Gasteiger partial charge on any atom is -0.506 e. The molecular formula is C13H7Br2Cl2NO. The smallest absolute Gasteiger partial charge is 0.138 e. The van der Waals surface area contributed by atoms with Gasteiger partial charge in [0, 0.05) is 21.3 Å². The van der Waals surface area contributed by atoms with Crippen LogP contribution in [0.15, 0.2) is 44.3 Å². The molecule has 0 aliphatic heterocycles. The van der Waals surface area contributed by atoms with Crippen molar-refractivity contribution < 1.29 is 5.11 Å². The van der Waals surface area contributed by atoms with E-state index in [0.717, 1.165) is 4.47 Å². The Bertz CT molecular complexity index is 659. The lowest BCUT2D eigenvalue weighted by molar-refractivity contribution is 0.471. The normalized spacial score (nSPS) is 11.2. The van der Waals surface area contributed by atoms with Gasteiger partial charge in [-0.3, -0.25) is 4.99 Å². The zero-order chi connectivity index (χ0) is 14.0. The fourth-order valence-electron chi connectivity index (χ4n) is 1.41. The molecule has 2 aromatic carbocycles. The summed E-state index contributed by atoms with van der Waals surface area (Å²) in [5, 5.41) is 10.9. The van der Waals surface area contributed by atoms with Crippen LogP contribution in [0.3, 0.4) is 0 Å². The number of aliphatic imine (C=N–C) groups is 1. The fourth-order valence-corrected chi connectivity index (χ4v) is 3.12. The summed E-state index contributed by atoms with van der Waals surface area (Å²) in [6.07, 6.45) is 1.54. The zero-order valence-electron chi connectivity index (χ0n) is 9.37. The zero-order valence-corrected chi connectivity index (χ0v) is 14.1. The molecule has 1 N–H and O–H groups in total. The van der Waals surface area contributed by atoms with Gasteiger partial charge in [0.25, 0.3) is 0 Å². The van der Waals surface area contributed by atoms with Crippen LogP contribution in [0.4, 0.5) is 5.69 Å². The van der Waals surface area contributed by atoms with Gasteiger partial charge >= 0.3 is 0 Å². The largest absolute Gasteiger partial charge is 0.506 e. The van der Waals surface area contributed by atoms with Crippen LogP contribution in [-0.4, -0.2) is 11.3 Å². The molecule has 0 aliphatic rings. The highest BCUT2D eigenvalue weighted by Crippen LogP contribution is 2.32. The molecule has 2 nitrogen and oxygen atoms in total. The van der Waals surface area contributed by atoms with E-state index in [9.17, 15) is 5.11 Å². The molecule has 98 valence electrons. The van der Waals surface area contributed by atoms with Crippen molar-refractivity contribution >= 4 is 67.0 Å². The second kappa shape index (κ2) is 6.27. The van der Waals surface area contributed by atoms with Crippen LogP contribution in [0.25, 0.3) is 0 Å². The van der Waals surface area contributed by atoms with Crippen molar-refractivity contribution in [3.63, 3.8) is 0 Å². The Balaban J connectivity index is 2.38. The van der Waals surface area contributed by atoms with Gasteiger partial charge in [-0.1, -0.05) is 39.1 Å². The van der Waals surface area contributed by atoms with Gasteiger partial charge < -0.3 is 5.11 Å². The molecule has 0 atom stereocenters. The van der Waals surface area contributed by atoms with Crippen molar-refractivity contribution in [1.29, 1.82) is 0 Å². The van der Waals surface area contributed by atoms with Crippen LogP contribution < -0.4 is 0 Å². The number of phenolic OH excluding ortho intramolecular Hbond substituents is 1. The first kappa shape index (κ1) is 14.9. The summed E-state index contributed by atoms with van der Waals surface area (Å²) in [5.74, 6) is 0.122. The summed E-state index contributed by atoms with van der Waals surface area (Å²) in [4.78, 5) is 4.24. The van der Waals surface area contributed by atoms with E-state index in [1.165, 1.54) is 0 Å². The summed E-state index contributed by atoms with van der Waals surface area (Å²) in [5.41, 5.74) is 1.16. The minimum absolute atomic E-state index is 0.122. The van der Waals surface area contributed by atoms with E-state index in [1.807, 2.05) is 0 Å². The Labute approximate surface area is 137 Å². The molecule has 19 heavy (non-hydrogen) atoms. The fraction of sp³-hybridized carbons (Fsp3) is 0. The highest BCUT2D eigenvalue weighted by Gasteiger charge is 2.06. The standard InChI is InChI=1S/C13H7Br2Cl2NO/c14-8-3-7(13(19)10(15)4-8)6-18-12-2-1-9(16)5-11(12)17/h1-6,19H. The third-order valence-electron chi connectivity index (χ3n) is 2.31. The van der Waals surface area contributed by atoms with Crippen molar-refractivity contribution in [2.45, 2.75) is 0 Å². The van der Waals surface area contributed by atoms with Crippen molar-refractivity contribution in [3.8, 4) is 5.75 Å². The lowest BCUT2D eigenvalue weighted by atomic mass is 10.2. The molecule has 2 aromatic rings. The molecule has 0 radical (unpaired) electrons. The maximum absolute atomic E-state index is 9.90. The third kappa shape index (κ3) is 3.72. The predicted molar refractivity (Wildman–Crippen MR) is 87.2 cm³/mol. The first-order valence-electron chi connectivity index (χ1n) is 5.14. The topological polar surface area (TPSA) is 32.6 Å². The molecule has 0 bridgehead atoms. The Morgan fingerprint density at radius 3 is 2.53 bits per heavy atom. The molecule has 0 aromatic heterocycles. The van der Waals surface area contributed by atoms with E-state index < -0.39 is 0 Å². The van der Waals surface area contributed by atoms with Crippen LogP contribution in [0, 0.1) is 0 Å². The summed E-state index contributed by atoms with van der Waals surface area (Å²) < 4.78 is 1.42. The Morgan fingerprint density at radius 1 is 1.11 bits per heavy atom. The van der Waals surface area contributed by atoms with Gasteiger partial charge in [-0.15, -0.1) is 0 Å². The SMILES string of the molecule is Oc1c(Br)cc(Br)cc1C=Nc1ccc(Cl)cc1Cl. The summed E-state index contributed by atoms with van der Waals surface area (Å²) >= 11 is 18.4. The van der Waals surface area contributed by atoms with Gasteiger partial charge in [0.05, 0.1) is 15.2 Å². The summed E-state index contributed by atoms with van der Waals surface area (Å²) in [7, 11) is 0. The quantitative estimate of drug-likeness (QED) is 0.592. The molecule has 2 rings (SSSR count). The molecule has 0 unspecified atom stereocenters. The molecule has 0 heterocycles. The van der Waals surface area contributed by atoms with Crippen molar-refractivity contribution in [3.05, 3.63) is 54.9 Å². The van der Waals surface area contributed by atoms with E-state index in [2.05, 4.69) is 36.9 Å². The number of rotatable bonds is 2. The molecule has 0 spiro atoms. The maximum Gasteiger partial charge on any atom is 0.138 e. The van der Waals surface area contributed by atoms with E-state index in [1.54, 1.807) is 36.5 Å². The van der Waals surface area contributed by atoms with Gasteiger partial charge in [-0.05, 0) is 46.3 Å². The lowest BCUT2D eigenvalue weighted by Gasteiger charge is -2.03. The lowest BCUT2D eigenvalue weighted by Crippen LogP contribution is -1.84. The van der Waals surface area contributed by atoms with E-state index in [0.29, 0.717) is 25.8 Å². The van der Waals surface area contributed by atoms with E-state index in [-0.39, 0.29) is 5.75 Å². The number of hydrogen-bond acceptors (Lipinski definition) is 2. The van der Waals surface area contributed by atoms with Gasteiger partial charge in [-0.2, -0.15) is 0 Å². The Kier molecular flexibility index (Phi) is 4.90. The number of nitrogens with zero attached hydrogens (tertiary/aromatic N) is 1. The second-order valence-corrected chi connectivity index (χ2v) is 6.29. The van der Waals surface area contributed by atoms with Gasteiger partial charge in [0.1, 0.15) is 5.75 Å². The number of halogens is 4. The van der Waals surface area contributed by atoms with Crippen LogP contribution in [0.5, 0.6) is 5.75 Å². The average Bonchev–Trinajstić information content (AvgIpc) is 2.33. The maximum atomic E-state index is 9.90. The monoisotopic (exact) mass is 421 g/mol. The van der Waals surface area contributed by atoms with Gasteiger partial charge in [-0.25, -0.2) is 0 Å². The molecule has 0 aliphatic carbocycles. The van der Waals surface area contributed by atoms with Crippen LogP contribution in [-0.2, 0) is 0 Å². The number of benzene rings is 2. The summed E-state index contributed by atoms with van der Waals surface area (Å²) in [6, 6.07) is 8.55. The van der Waals surface area contributed by atoms with Crippen molar-refractivity contribution in [1.82, 2.24) is 0 Å². The first-order valence-corrected chi connectivity index (χ1v) is 7.48. The van der Waals surface area contributed by atoms with Crippen LogP contribution in [0.2, 0.25) is 10.0 Å². The van der Waals surface area contributed by atoms with Crippen LogP contribution >= 0.6 is 55.1 Å². The molecule has 6 heteroatoms. The van der Waals surface area contributed by atoms with E-state index >= 15 is 0 Å². The number of phenols is 1. The predicted octanol–water partition coefficient (Wildman–Crippen LogP) is 5.97. The van der Waals surface area contributed by atoms with Crippen LogP contribution in [0.1, 0.15) is 5.56 Å². The molecule has 0 saturated heterocycles. The number of hydrogen-bond donors (Lipinski definition) is 1. The van der Waals surface area contributed by atoms with E-state index in [4.69, 9.17) is 23.2 Å². The second-order valence-electron chi connectivity index (χ2n) is 3.68. The Morgan fingerprint density at radius 2 is 1.84 bits per heavy atom. The Hall–Kier alpha value is -0.550. The van der Waals surface area contributed by atoms with Crippen molar-refractivity contribution in [2.24, 2.45) is 4.99 Å². The first-order chi connectivity index (χ1) is 8.97. The molecule has 0 saturated carbocycles. The molecule has 0 fully saturated rings. The molecule has 0 amide bonds. The average molecular weight is 424 g/mol. The van der Waals surface area contributed by atoms with Gasteiger partial charge in [0.2, 0.25) is 0 Å². The molecular weight excluding hydrogens is 417 g/mol. The third-order valence-corrected chi connectivity index (χ3v) is 3.91. The highest BCUT2D eigenvalue weighted by molar-refractivity contribution is 9.11. The summed E-state index contributed by atoms with van der Waals surface area (Å²) in [6.45, 7) is 0. The minimum atomic E-state index is 0.122. The van der Waals surface area contributed by atoms with Gasteiger partial charge in [0.15, 0.2) is 0 Å². The number of aromatic hydroxyl groups is 1. The highest BCUT2D eigenvalue weighted by atomic mass is 79.9.